The highest BCUT2D eigenvalue weighted by Gasteiger charge is 2.23. The van der Waals surface area contributed by atoms with Gasteiger partial charge in [-0.3, -0.25) is 4.79 Å². The Bertz CT molecular complexity index is 939. The van der Waals surface area contributed by atoms with Crippen molar-refractivity contribution in [1.82, 2.24) is 15.1 Å². The van der Waals surface area contributed by atoms with Crippen molar-refractivity contribution < 1.29 is 4.79 Å². The first kappa shape index (κ1) is 19.2. The van der Waals surface area contributed by atoms with Crippen LogP contribution in [-0.4, -0.2) is 47.2 Å². The molecule has 2 aromatic carbocycles. The summed E-state index contributed by atoms with van der Waals surface area (Å²) in [6.45, 7) is 3.46. The van der Waals surface area contributed by atoms with Crippen LogP contribution in [0.5, 0.6) is 0 Å². The maximum Gasteiger partial charge on any atom is 0.253 e. The molecule has 7 heteroatoms. The van der Waals surface area contributed by atoms with Crippen LogP contribution in [0.25, 0.3) is 0 Å². The van der Waals surface area contributed by atoms with Crippen molar-refractivity contribution in [3.8, 4) is 0 Å². The number of aromatic nitrogens is 2. The Morgan fingerprint density at radius 2 is 1.62 bits per heavy atom. The van der Waals surface area contributed by atoms with Gasteiger partial charge in [0.2, 0.25) is 0 Å². The molecule has 4 rings (SSSR count). The summed E-state index contributed by atoms with van der Waals surface area (Å²) >= 11 is 5.90. The average Bonchev–Trinajstić information content (AvgIpc) is 2.79. The second kappa shape index (κ2) is 8.92. The van der Waals surface area contributed by atoms with E-state index in [2.05, 4.69) is 32.5 Å². The molecule has 0 saturated carbocycles. The number of rotatable bonds is 5. The molecular formula is C22H22ClN5O. The topological polar surface area (TPSA) is 61.4 Å². The molecule has 1 amide bonds. The van der Waals surface area contributed by atoms with E-state index < -0.39 is 0 Å². The van der Waals surface area contributed by atoms with Gasteiger partial charge in [0.15, 0.2) is 5.82 Å². The van der Waals surface area contributed by atoms with Crippen LogP contribution < -0.4 is 10.2 Å². The van der Waals surface area contributed by atoms with Crippen LogP contribution >= 0.6 is 11.6 Å². The van der Waals surface area contributed by atoms with E-state index in [1.807, 2.05) is 35.2 Å². The lowest BCUT2D eigenvalue weighted by atomic mass is 10.2. The summed E-state index contributed by atoms with van der Waals surface area (Å²) in [4.78, 5) is 16.6. The van der Waals surface area contributed by atoms with Crippen LogP contribution in [0.4, 0.5) is 11.6 Å². The summed E-state index contributed by atoms with van der Waals surface area (Å²) in [6, 6.07) is 21.1. The molecule has 0 bridgehead atoms. The highest BCUT2D eigenvalue weighted by Crippen LogP contribution is 2.17. The van der Waals surface area contributed by atoms with Crippen molar-refractivity contribution >= 4 is 29.1 Å². The minimum Gasteiger partial charge on any atom is -0.365 e. The van der Waals surface area contributed by atoms with E-state index in [4.69, 9.17) is 11.6 Å². The summed E-state index contributed by atoms with van der Waals surface area (Å²) in [5, 5.41) is 12.5. The van der Waals surface area contributed by atoms with E-state index in [0.717, 1.165) is 24.7 Å². The van der Waals surface area contributed by atoms with Crippen LogP contribution in [0.2, 0.25) is 5.02 Å². The zero-order chi connectivity index (χ0) is 20.1. The van der Waals surface area contributed by atoms with E-state index in [1.54, 1.807) is 24.3 Å². The van der Waals surface area contributed by atoms with Crippen molar-refractivity contribution in [2.45, 2.75) is 6.54 Å². The number of carbonyl (C=O) groups is 1. The van der Waals surface area contributed by atoms with Gasteiger partial charge in [-0.2, -0.15) is 0 Å². The molecule has 2 heterocycles. The molecule has 1 aromatic heterocycles. The molecule has 148 valence electrons. The van der Waals surface area contributed by atoms with Gasteiger partial charge in [-0.15, -0.1) is 10.2 Å². The smallest absolute Gasteiger partial charge is 0.253 e. The van der Waals surface area contributed by atoms with Crippen LogP contribution in [0.1, 0.15) is 15.9 Å². The predicted octanol–water partition coefficient (Wildman–Crippen LogP) is 3.70. The number of carbonyl (C=O) groups excluding carboxylic acids is 1. The quantitative estimate of drug-likeness (QED) is 0.698. The molecule has 1 fully saturated rings. The Hall–Kier alpha value is -3.12. The molecular weight excluding hydrogens is 386 g/mol. The number of nitrogens with zero attached hydrogens (tertiary/aromatic N) is 4. The molecule has 0 atom stereocenters. The lowest BCUT2D eigenvalue weighted by Crippen LogP contribution is -2.49. The summed E-state index contributed by atoms with van der Waals surface area (Å²) in [7, 11) is 0. The van der Waals surface area contributed by atoms with Crippen molar-refractivity contribution in [3.05, 3.63) is 82.9 Å². The van der Waals surface area contributed by atoms with Crippen LogP contribution in [0.3, 0.4) is 0 Å². The first-order valence-electron chi connectivity index (χ1n) is 9.60. The van der Waals surface area contributed by atoms with Gasteiger partial charge in [0.1, 0.15) is 5.82 Å². The van der Waals surface area contributed by atoms with E-state index >= 15 is 0 Å². The fourth-order valence-electron chi connectivity index (χ4n) is 3.29. The Kier molecular flexibility index (Phi) is 5.91. The standard InChI is InChI=1S/C22H22ClN5O/c23-19-8-6-18(7-9-19)22(29)28-14-12-27(13-15-28)21-11-10-20(25-26-21)24-16-17-4-2-1-3-5-17/h1-11H,12-16H2,(H,24,25). The third-order valence-corrected chi connectivity index (χ3v) is 5.20. The number of piperazine rings is 1. The maximum atomic E-state index is 12.6. The van der Waals surface area contributed by atoms with Crippen LogP contribution in [0, 0.1) is 0 Å². The van der Waals surface area contributed by atoms with Gasteiger partial charge in [0.05, 0.1) is 0 Å². The largest absolute Gasteiger partial charge is 0.365 e. The number of anilines is 2. The van der Waals surface area contributed by atoms with Crippen molar-refractivity contribution in [2.24, 2.45) is 0 Å². The highest BCUT2D eigenvalue weighted by atomic mass is 35.5. The number of hydrogen-bond donors (Lipinski definition) is 1. The fraction of sp³-hybridized carbons (Fsp3) is 0.227. The first-order valence-corrected chi connectivity index (χ1v) is 9.98. The molecule has 0 unspecified atom stereocenters. The SMILES string of the molecule is O=C(c1ccc(Cl)cc1)N1CCN(c2ccc(NCc3ccccc3)nn2)CC1. The van der Waals surface area contributed by atoms with Crippen molar-refractivity contribution in [2.75, 3.05) is 36.4 Å². The second-order valence-corrected chi connectivity index (χ2v) is 7.34. The monoisotopic (exact) mass is 407 g/mol. The summed E-state index contributed by atoms with van der Waals surface area (Å²) in [6.07, 6.45) is 0. The minimum absolute atomic E-state index is 0.0351. The van der Waals surface area contributed by atoms with E-state index in [1.165, 1.54) is 5.56 Å². The molecule has 1 aliphatic heterocycles. The molecule has 3 aromatic rings. The second-order valence-electron chi connectivity index (χ2n) is 6.90. The van der Waals surface area contributed by atoms with Crippen LogP contribution in [-0.2, 0) is 6.54 Å². The summed E-state index contributed by atoms with van der Waals surface area (Å²) < 4.78 is 0. The third-order valence-electron chi connectivity index (χ3n) is 4.95. The molecule has 0 aliphatic carbocycles. The van der Waals surface area contributed by atoms with Gasteiger partial charge in [0.25, 0.3) is 5.91 Å². The molecule has 0 spiro atoms. The average molecular weight is 408 g/mol. The van der Waals surface area contributed by atoms with Gasteiger partial charge < -0.3 is 15.1 Å². The van der Waals surface area contributed by atoms with Gasteiger partial charge in [-0.1, -0.05) is 41.9 Å². The lowest BCUT2D eigenvalue weighted by Gasteiger charge is -2.35. The van der Waals surface area contributed by atoms with Crippen LogP contribution in [0.15, 0.2) is 66.7 Å². The van der Waals surface area contributed by atoms with Crippen molar-refractivity contribution in [3.63, 3.8) is 0 Å². The highest BCUT2D eigenvalue weighted by molar-refractivity contribution is 6.30. The third kappa shape index (κ3) is 4.84. The number of benzene rings is 2. The normalized spacial score (nSPS) is 14.0. The van der Waals surface area contributed by atoms with E-state index in [9.17, 15) is 4.79 Å². The van der Waals surface area contributed by atoms with Crippen molar-refractivity contribution in [1.29, 1.82) is 0 Å². The van der Waals surface area contributed by atoms with Gasteiger partial charge in [-0.25, -0.2) is 0 Å². The zero-order valence-electron chi connectivity index (χ0n) is 16.0. The van der Waals surface area contributed by atoms with Gasteiger partial charge in [0, 0.05) is 43.3 Å². The van der Waals surface area contributed by atoms with Gasteiger partial charge >= 0.3 is 0 Å². The summed E-state index contributed by atoms with van der Waals surface area (Å²) in [5.41, 5.74) is 1.86. The molecule has 1 N–H and O–H groups in total. The van der Waals surface area contributed by atoms with Gasteiger partial charge in [-0.05, 0) is 42.0 Å². The Morgan fingerprint density at radius 1 is 0.897 bits per heavy atom. The lowest BCUT2D eigenvalue weighted by molar-refractivity contribution is 0.0746. The molecule has 0 radical (unpaired) electrons. The molecule has 6 nitrogen and oxygen atoms in total. The van der Waals surface area contributed by atoms with E-state index in [-0.39, 0.29) is 5.91 Å². The maximum absolute atomic E-state index is 12.6. The number of nitrogens with one attached hydrogen (secondary N) is 1. The molecule has 1 aliphatic rings. The summed E-state index contributed by atoms with van der Waals surface area (Å²) in [5.74, 6) is 1.61. The Morgan fingerprint density at radius 3 is 2.28 bits per heavy atom. The zero-order valence-corrected chi connectivity index (χ0v) is 16.7. The number of hydrogen-bond acceptors (Lipinski definition) is 5. The predicted molar refractivity (Wildman–Crippen MR) is 115 cm³/mol. The first-order chi connectivity index (χ1) is 14.2. The molecule has 29 heavy (non-hydrogen) atoms. The van der Waals surface area contributed by atoms with E-state index in [0.29, 0.717) is 30.2 Å². The number of amides is 1. The Labute approximate surface area is 175 Å². The minimum atomic E-state index is 0.0351. The fourth-order valence-corrected chi connectivity index (χ4v) is 3.42. The Balaban J connectivity index is 1.30. The number of halogens is 1. The molecule has 1 saturated heterocycles.